The highest BCUT2D eigenvalue weighted by Gasteiger charge is 2.15. The Labute approximate surface area is 119 Å². The predicted molar refractivity (Wildman–Crippen MR) is 77.6 cm³/mol. The van der Waals surface area contributed by atoms with E-state index in [1.807, 2.05) is 33.2 Å². The number of aliphatic carboxylic acids is 1. The van der Waals surface area contributed by atoms with Gasteiger partial charge in [0.25, 0.3) is 5.91 Å². The van der Waals surface area contributed by atoms with Gasteiger partial charge in [-0.15, -0.1) is 0 Å². The number of carbonyl (C=O) groups is 2. The highest BCUT2D eigenvalue weighted by atomic mass is 16.4. The van der Waals surface area contributed by atoms with Crippen LogP contribution in [0.25, 0.3) is 0 Å². The molecular formula is C15H22N2O3. The Bertz CT molecular complexity index is 455. The zero-order chi connectivity index (χ0) is 15.1. The first-order valence-electron chi connectivity index (χ1n) is 6.68. The average Bonchev–Trinajstić information content (AvgIpc) is 2.37. The van der Waals surface area contributed by atoms with Gasteiger partial charge in [0, 0.05) is 18.2 Å². The number of amides is 1. The molecule has 20 heavy (non-hydrogen) atoms. The van der Waals surface area contributed by atoms with E-state index in [2.05, 4.69) is 10.2 Å². The van der Waals surface area contributed by atoms with Crippen molar-refractivity contribution in [3.8, 4) is 0 Å². The minimum Gasteiger partial charge on any atom is -0.481 e. The van der Waals surface area contributed by atoms with Crippen LogP contribution in [0.5, 0.6) is 0 Å². The molecule has 1 aromatic rings. The molecule has 1 aromatic carbocycles. The van der Waals surface area contributed by atoms with Crippen LogP contribution in [0.4, 0.5) is 0 Å². The maximum Gasteiger partial charge on any atom is 0.305 e. The van der Waals surface area contributed by atoms with E-state index in [0.29, 0.717) is 12.0 Å². The first kappa shape index (κ1) is 16.2. The minimum absolute atomic E-state index is 0.0546. The number of hydrogen-bond donors (Lipinski definition) is 2. The minimum atomic E-state index is -0.904. The molecule has 0 spiro atoms. The Morgan fingerprint density at radius 3 is 2.30 bits per heavy atom. The molecule has 1 amide bonds. The number of carbonyl (C=O) groups excluding carboxylic acids is 1. The molecule has 110 valence electrons. The normalized spacial score (nSPS) is 12.2. The number of hydrogen-bond acceptors (Lipinski definition) is 3. The van der Waals surface area contributed by atoms with Gasteiger partial charge in [0.2, 0.25) is 0 Å². The number of benzene rings is 1. The molecular weight excluding hydrogens is 256 g/mol. The van der Waals surface area contributed by atoms with Crippen molar-refractivity contribution in [2.24, 2.45) is 0 Å². The zero-order valence-corrected chi connectivity index (χ0v) is 12.2. The monoisotopic (exact) mass is 278 g/mol. The van der Waals surface area contributed by atoms with Crippen LogP contribution in [-0.2, 0) is 11.3 Å². The van der Waals surface area contributed by atoms with Crippen LogP contribution in [0.3, 0.4) is 0 Å². The first-order valence-corrected chi connectivity index (χ1v) is 6.68. The van der Waals surface area contributed by atoms with E-state index < -0.39 is 5.97 Å². The summed E-state index contributed by atoms with van der Waals surface area (Å²) in [7, 11) is 3.97. The second kappa shape index (κ2) is 7.65. The number of carboxylic acids is 1. The Morgan fingerprint density at radius 2 is 1.85 bits per heavy atom. The van der Waals surface area contributed by atoms with Gasteiger partial charge in [-0.05, 0) is 38.2 Å². The standard InChI is InChI=1S/C15H22N2O3/c1-4-13(9-14(18)19)16-15(20)12-7-5-11(6-8-12)10-17(2)3/h5-8,13H,4,9-10H2,1-3H3,(H,16,20)(H,18,19). The van der Waals surface area contributed by atoms with Gasteiger partial charge in [0.1, 0.15) is 0 Å². The summed E-state index contributed by atoms with van der Waals surface area (Å²) in [6, 6.07) is 7.02. The number of rotatable bonds is 7. The summed E-state index contributed by atoms with van der Waals surface area (Å²) in [4.78, 5) is 24.7. The van der Waals surface area contributed by atoms with E-state index in [-0.39, 0.29) is 18.4 Å². The average molecular weight is 278 g/mol. The molecule has 5 nitrogen and oxygen atoms in total. The molecule has 0 bridgehead atoms. The lowest BCUT2D eigenvalue weighted by Crippen LogP contribution is -2.36. The van der Waals surface area contributed by atoms with Gasteiger partial charge in [-0.1, -0.05) is 19.1 Å². The smallest absolute Gasteiger partial charge is 0.305 e. The summed E-state index contributed by atoms with van der Waals surface area (Å²) in [5.41, 5.74) is 1.68. The summed E-state index contributed by atoms with van der Waals surface area (Å²) >= 11 is 0. The van der Waals surface area contributed by atoms with Crippen LogP contribution in [0.1, 0.15) is 35.7 Å². The van der Waals surface area contributed by atoms with Crippen molar-refractivity contribution < 1.29 is 14.7 Å². The molecule has 0 aromatic heterocycles. The van der Waals surface area contributed by atoms with Crippen molar-refractivity contribution in [2.75, 3.05) is 14.1 Å². The quantitative estimate of drug-likeness (QED) is 0.797. The Hall–Kier alpha value is -1.88. The SMILES string of the molecule is CCC(CC(=O)O)NC(=O)c1ccc(CN(C)C)cc1. The highest BCUT2D eigenvalue weighted by Crippen LogP contribution is 2.07. The van der Waals surface area contributed by atoms with E-state index in [1.54, 1.807) is 12.1 Å². The van der Waals surface area contributed by atoms with E-state index in [9.17, 15) is 9.59 Å². The third kappa shape index (κ3) is 5.40. The van der Waals surface area contributed by atoms with Crippen molar-refractivity contribution >= 4 is 11.9 Å². The summed E-state index contributed by atoms with van der Waals surface area (Å²) in [5.74, 6) is -1.13. The lowest BCUT2D eigenvalue weighted by Gasteiger charge is -2.15. The summed E-state index contributed by atoms with van der Waals surface area (Å²) in [6.45, 7) is 2.67. The number of nitrogens with zero attached hydrogens (tertiary/aromatic N) is 1. The highest BCUT2D eigenvalue weighted by molar-refractivity contribution is 5.94. The second-order valence-electron chi connectivity index (χ2n) is 5.11. The molecule has 0 aliphatic heterocycles. The van der Waals surface area contributed by atoms with Gasteiger partial charge in [-0.2, -0.15) is 0 Å². The molecule has 1 atom stereocenters. The molecule has 0 aliphatic carbocycles. The fourth-order valence-corrected chi connectivity index (χ4v) is 1.90. The number of carboxylic acid groups (broad SMARTS) is 1. The van der Waals surface area contributed by atoms with Crippen LogP contribution in [-0.4, -0.2) is 42.0 Å². The van der Waals surface area contributed by atoms with Crippen LogP contribution < -0.4 is 5.32 Å². The van der Waals surface area contributed by atoms with Crippen LogP contribution in [0.15, 0.2) is 24.3 Å². The fraction of sp³-hybridized carbons (Fsp3) is 0.467. The van der Waals surface area contributed by atoms with Crippen LogP contribution in [0, 0.1) is 0 Å². The molecule has 2 N–H and O–H groups in total. The van der Waals surface area contributed by atoms with E-state index in [4.69, 9.17) is 5.11 Å². The number of nitrogens with one attached hydrogen (secondary N) is 1. The molecule has 0 heterocycles. The van der Waals surface area contributed by atoms with Crippen LogP contribution >= 0.6 is 0 Å². The van der Waals surface area contributed by atoms with E-state index >= 15 is 0 Å². The van der Waals surface area contributed by atoms with Gasteiger partial charge in [-0.3, -0.25) is 9.59 Å². The molecule has 0 radical (unpaired) electrons. The predicted octanol–water partition coefficient (Wildman–Crippen LogP) is 1.73. The van der Waals surface area contributed by atoms with Gasteiger partial charge in [-0.25, -0.2) is 0 Å². The van der Waals surface area contributed by atoms with Crippen LogP contribution in [0.2, 0.25) is 0 Å². The molecule has 0 aliphatic rings. The zero-order valence-electron chi connectivity index (χ0n) is 12.2. The van der Waals surface area contributed by atoms with Crippen molar-refractivity contribution in [1.82, 2.24) is 10.2 Å². The first-order chi connectivity index (χ1) is 9.42. The molecule has 1 unspecified atom stereocenters. The fourth-order valence-electron chi connectivity index (χ4n) is 1.90. The largest absolute Gasteiger partial charge is 0.481 e. The van der Waals surface area contributed by atoms with Gasteiger partial charge >= 0.3 is 5.97 Å². The maximum absolute atomic E-state index is 12.0. The lowest BCUT2D eigenvalue weighted by molar-refractivity contribution is -0.137. The molecule has 0 saturated heterocycles. The van der Waals surface area contributed by atoms with E-state index in [1.165, 1.54) is 0 Å². The summed E-state index contributed by atoms with van der Waals surface area (Å²) in [5, 5.41) is 11.5. The van der Waals surface area contributed by atoms with Crippen molar-refractivity contribution in [3.05, 3.63) is 35.4 Å². The molecule has 5 heteroatoms. The van der Waals surface area contributed by atoms with Gasteiger partial charge in [0.05, 0.1) is 6.42 Å². The van der Waals surface area contributed by atoms with Gasteiger partial charge in [0.15, 0.2) is 0 Å². The van der Waals surface area contributed by atoms with E-state index in [0.717, 1.165) is 12.1 Å². The Kier molecular flexibility index (Phi) is 6.18. The van der Waals surface area contributed by atoms with Crippen molar-refractivity contribution in [2.45, 2.75) is 32.4 Å². The van der Waals surface area contributed by atoms with Crippen molar-refractivity contribution in [1.29, 1.82) is 0 Å². The Balaban J connectivity index is 2.65. The third-order valence-electron chi connectivity index (χ3n) is 2.96. The summed E-state index contributed by atoms with van der Waals surface area (Å²) < 4.78 is 0. The maximum atomic E-state index is 12.0. The lowest BCUT2D eigenvalue weighted by atomic mass is 10.1. The topological polar surface area (TPSA) is 69.6 Å². The molecule has 0 saturated carbocycles. The Morgan fingerprint density at radius 1 is 1.25 bits per heavy atom. The van der Waals surface area contributed by atoms with Crippen molar-refractivity contribution in [3.63, 3.8) is 0 Å². The molecule has 1 rings (SSSR count). The molecule has 0 fully saturated rings. The second-order valence-corrected chi connectivity index (χ2v) is 5.11. The summed E-state index contributed by atoms with van der Waals surface area (Å²) in [6.07, 6.45) is 0.539. The van der Waals surface area contributed by atoms with Gasteiger partial charge < -0.3 is 15.3 Å². The third-order valence-corrected chi connectivity index (χ3v) is 2.96.